The summed E-state index contributed by atoms with van der Waals surface area (Å²) in [5, 5.41) is 10.8. The van der Waals surface area contributed by atoms with E-state index in [-0.39, 0.29) is 11.8 Å². The lowest BCUT2D eigenvalue weighted by atomic mass is 10.0. The predicted octanol–water partition coefficient (Wildman–Crippen LogP) is 4.64. The highest BCUT2D eigenvalue weighted by Crippen LogP contribution is 2.27. The molecule has 2 N–H and O–H groups in total. The second-order valence-corrected chi connectivity index (χ2v) is 7.24. The van der Waals surface area contributed by atoms with Gasteiger partial charge in [0, 0.05) is 41.5 Å². The molecule has 2 aromatic heterocycles. The van der Waals surface area contributed by atoms with E-state index < -0.39 is 0 Å². The number of hydrogen-bond acceptors (Lipinski definition) is 4. The van der Waals surface area contributed by atoms with Gasteiger partial charge < -0.3 is 10.6 Å². The Morgan fingerprint density at radius 1 is 1.00 bits per heavy atom. The summed E-state index contributed by atoms with van der Waals surface area (Å²) in [7, 11) is 0. The molecule has 0 saturated carbocycles. The highest BCUT2D eigenvalue weighted by Gasteiger charge is 2.17. The highest BCUT2D eigenvalue weighted by atomic mass is 16.2. The molecule has 0 bridgehead atoms. The number of anilines is 2. The molecule has 4 rings (SSSR count). The van der Waals surface area contributed by atoms with Crippen molar-refractivity contribution in [3.63, 3.8) is 0 Å². The molecule has 0 spiro atoms. The van der Waals surface area contributed by atoms with Gasteiger partial charge in [0.1, 0.15) is 0 Å². The molecular weight excluding hydrogens is 390 g/mol. The first-order valence-electron chi connectivity index (χ1n) is 10.1. The largest absolute Gasteiger partial charge is 0.326 e. The van der Waals surface area contributed by atoms with Crippen molar-refractivity contribution in [3.8, 4) is 11.3 Å². The van der Waals surface area contributed by atoms with E-state index in [0.717, 1.165) is 28.7 Å². The van der Waals surface area contributed by atoms with Gasteiger partial charge in [-0.15, -0.1) is 0 Å². The summed E-state index contributed by atoms with van der Waals surface area (Å²) < 4.78 is 1.91. The first kappa shape index (κ1) is 20.3. The number of carbonyl (C=O) groups excluding carboxylic acids is 2. The molecule has 7 nitrogen and oxygen atoms in total. The molecule has 2 heterocycles. The van der Waals surface area contributed by atoms with Crippen molar-refractivity contribution < 1.29 is 9.59 Å². The van der Waals surface area contributed by atoms with Gasteiger partial charge >= 0.3 is 0 Å². The fourth-order valence-electron chi connectivity index (χ4n) is 3.56. The molecule has 2 aromatic carbocycles. The van der Waals surface area contributed by atoms with Crippen LogP contribution in [-0.4, -0.2) is 26.6 Å². The highest BCUT2D eigenvalue weighted by molar-refractivity contribution is 6.13. The van der Waals surface area contributed by atoms with E-state index in [1.807, 2.05) is 48.9 Å². The molecule has 156 valence electrons. The number of fused-ring (bicyclic) bond motifs is 1. The number of pyridine rings is 1. The number of amides is 2. The van der Waals surface area contributed by atoms with Gasteiger partial charge in [0.2, 0.25) is 5.91 Å². The number of hydrogen-bond donors (Lipinski definition) is 2. The van der Waals surface area contributed by atoms with E-state index in [1.54, 1.807) is 30.5 Å². The van der Waals surface area contributed by atoms with E-state index >= 15 is 0 Å². The maximum absolute atomic E-state index is 13.2. The number of rotatable bonds is 5. The Hall–Kier alpha value is -4.00. The number of carbonyl (C=O) groups is 2. The third kappa shape index (κ3) is 4.16. The van der Waals surface area contributed by atoms with Gasteiger partial charge in [-0.05, 0) is 50.2 Å². The van der Waals surface area contributed by atoms with Gasteiger partial charge in [0.25, 0.3) is 5.91 Å². The van der Waals surface area contributed by atoms with Crippen LogP contribution in [0.4, 0.5) is 11.4 Å². The van der Waals surface area contributed by atoms with Crippen LogP contribution in [0.3, 0.4) is 0 Å². The van der Waals surface area contributed by atoms with Gasteiger partial charge in [0.15, 0.2) is 0 Å². The minimum Gasteiger partial charge on any atom is -0.326 e. The van der Waals surface area contributed by atoms with Crippen LogP contribution in [0.15, 0.2) is 60.8 Å². The second-order valence-electron chi connectivity index (χ2n) is 7.24. The van der Waals surface area contributed by atoms with E-state index in [1.165, 1.54) is 6.92 Å². The molecule has 4 aromatic rings. The van der Waals surface area contributed by atoms with Crippen molar-refractivity contribution in [2.45, 2.75) is 27.3 Å². The van der Waals surface area contributed by atoms with Gasteiger partial charge in [-0.3, -0.25) is 14.3 Å². The number of aryl methyl sites for hydroxylation is 1. The third-order valence-electron chi connectivity index (χ3n) is 5.10. The maximum Gasteiger partial charge on any atom is 0.256 e. The van der Waals surface area contributed by atoms with Crippen LogP contribution in [-0.2, 0) is 11.3 Å². The van der Waals surface area contributed by atoms with Crippen LogP contribution in [0.1, 0.15) is 29.9 Å². The number of para-hydroxylation sites is 1. The number of benzene rings is 2. The Kier molecular flexibility index (Phi) is 5.49. The summed E-state index contributed by atoms with van der Waals surface area (Å²) in [5.41, 5.74) is 5.21. The van der Waals surface area contributed by atoms with Crippen molar-refractivity contribution >= 4 is 34.1 Å². The zero-order valence-corrected chi connectivity index (χ0v) is 17.6. The summed E-state index contributed by atoms with van der Waals surface area (Å²) >= 11 is 0. The molecule has 0 saturated heterocycles. The molecule has 0 unspecified atom stereocenters. The number of aromatic nitrogens is 3. The Balaban J connectivity index is 1.71. The Morgan fingerprint density at radius 2 is 1.68 bits per heavy atom. The molecule has 31 heavy (non-hydrogen) atoms. The van der Waals surface area contributed by atoms with Crippen LogP contribution in [0.5, 0.6) is 0 Å². The quantitative estimate of drug-likeness (QED) is 0.499. The summed E-state index contributed by atoms with van der Waals surface area (Å²) in [4.78, 5) is 29.1. The van der Waals surface area contributed by atoms with Crippen LogP contribution in [0.25, 0.3) is 22.2 Å². The molecule has 0 atom stereocenters. The zero-order chi connectivity index (χ0) is 22.0. The standard InChI is InChI=1S/C24H23N5O2/c1-4-29-15(2)21(14-25-29)23-13-20(19-7-5-6-8-22(19)28-23)24(31)27-18-11-9-17(10-12-18)26-16(3)30/h5-14H,4H2,1-3H3,(H,26,30)(H,27,31). The van der Waals surface area contributed by atoms with Crippen molar-refractivity contribution in [2.75, 3.05) is 10.6 Å². The summed E-state index contributed by atoms with van der Waals surface area (Å²) in [6.45, 7) is 6.25. The first-order valence-corrected chi connectivity index (χ1v) is 10.1. The minimum absolute atomic E-state index is 0.144. The molecular formula is C24H23N5O2. The molecule has 0 aliphatic carbocycles. The van der Waals surface area contributed by atoms with Crippen LogP contribution < -0.4 is 10.6 Å². The summed E-state index contributed by atoms with van der Waals surface area (Å²) in [6.07, 6.45) is 1.79. The molecule has 0 aliphatic rings. The number of nitrogens with zero attached hydrogens (tertiary/aromatic N) is 3. The van der Waals surface area contributed by atoms with Crippen molar-refractivity contribution in [1.82, 2.24) is 14.8 Å². The zero-order valence-electron chi connectivity index (χ0n) is 17.6. The molecule has 0 radical (unpaired) electrons. The van der Waals surface area contributed by atoms with Crippen LogP contribution in [0, 0.1) is 6.92 Å². The third-order valence-corrected chi connectivity index (χ3v) is 5.10. The Bertz CT molecular complexity index is 1280. The van der Waals surface area contributed by atoms with E-state index in [9.17, 15) is 9.59 Å². The lowest BCUT2D eigenvalue weighted by molar-refractivity contribution is -0.114. The van der Waals surface area contributed by atoms with Crippen molar-refractivity contribution in [3.05, 3.63) is 72.1 Å². The average Bonchev–Trinajstić information content (AvgIpc) is 3.14. The lowest BCUT2D eigenvalue weighted by Crippen LogP contribution is -2.13. The summed E-state index contributed by atoms with van der Waals surface area (Å²) in [6, 6.07) is 16.4. The number of nitrogens with one attached hydrogen (secondary N) is 2. The van der Waals surface area contributed by atoms with Crippen molar-refractivity contribution in [2.24, 2.45) is 0 Å². The fraction of sp³-hybridized carbons (Fsp3) is 0.167. The Morgan fingerprint density at radius 3 is 2.32 bits per heavy atom. The van der Waals surface area contributed by atoms with E-state index in [2.05, 4.69) is 15.7 Å². The lowest BCUT2D eigenvalue weighted by Gasteiger charge is -2.11. The second kappa shape index (κ2) is 8.39. The van der Waals surface area contributed by atoms with Gasteiger partial charge in [-0.1, -0.05) is 18.2 Å². The fourth-order valence-corrected chi connectivity index (χ4v) is 3.56. The average molecular weight is 413 g/mol. The SMILES string of the molecule is CCn1ncc(-c2cc(C(=O)Nc3ccc(NC(C)=O)cc3)c3ccccc3n2)c1C. The monoisotopic (exact) mass is 413 g/mol. The normalized spacial score (nSPS) is 10.8. The molecule has 7 heteroatoms. The van der Waals surface area contributed by atoms with Gasteiger partial charge in [0.05, 0.1) is 23.0 Å². The van der Waals surface area contributed by atoms with Crippen LogP contribution in [0.2, 0.25) is 0 Å². The van der Waals surface area contributed by atoms with Gasteiger partial charge in [-0.2, -0.15) is 5.10 Å². The van der Waals surface area contributed by atoms with Gasteiger partial charge in [-0.25, -0.2) is 4.98 Å². The molecule has 0 fully saturated rings. The minimum atomic E-state index is -0.229. The topological polar surface area (TPSA) is 88.9 Å². The maximum atomic E-state index is 13.2. The predicted molar refractivity (Wildman–Crippen MR) is 122 cm³/mol. The van der Waals surface area contributed by atoms with Crippen LogP contribution >= 0.6 is 0 Å². The summed E-state index contributed by atoms with van der Waals surface area (Å²) in [5.74, 6) is -0.373. The molecule has 2 amide bonds. The Labute approximate surface area is 180 Å². The first-order chi connectivity index (χ1) is 15.0. The van der Waals surface area contributed by atoms with Crippen molar-refractivity contribution in [1.29, 1.82) is 0 Å². The van der Waals surface area contributed by atoms with E-state index in [0.29, 0.717) is 22.6 Å². The smallest absolute Gasteiger partial charge is 0.256 e. The molecule has 0 aliphatic heterocycles. The van der Waals surface area contributed by atoms with E-state index in [4.69, 9.17) is 4.98 Å².